The van der Waals surface area contributed by atoms with Crippen molar-refractivity contribution in [3.63, 3.8) is 0 Å². The second-order valence-corrected chi connectivity index (χ2v) is 5.59. The minimum absolute atomic E-state index is 0.0702. The number of nitrogens with one attached hydrogen (secondary N) is 1. The van der Waals surface area contributed by atoms with E-state index in [0.717, 1.165) is 22.1 Å². The van der Waals surface area contributed by atoms with Gasteiger partial charge in [-0.1, -0.05) is 60.1 Å². The summed E-state index contributed by atoms with van der Waals surface area (Å²) in [6, 6.07) is 15.5. The second kappa shape index (κ2) is 6.71. The summed E-state index contributed by atoms with van der Waals surface area (Å²) in [5, 5.41) is 3.79. The number of hydrogen-bond acceptors (Lipinski definition) is 1. The normalized spacial score (nSPS) is 10.6. The number of hydrogen-bond donors (Lipinski definition) is 1. The molecule has 0 radical (unpaired) electrons. The second-order valence-electron chi connectivity index (χ2n) is 5.03. The molecule has 2 rings (SSSR count). The van der Waals surface area contributed by atoms with Crippen LogP contribution in [0.25, 0.3) is 0 Å². The lowest BCUT2D eigenvalue weighted by atomic mass is 10.0. The average Bonchev–Trinajstić information content (AvgIpc) is 2.47. The van der Waals surface area contributed by atoms with Crippen molar-refractivity contribution in [1.29, 1.82) is 0 Å². The van der Waals surface area contributed by atoms with E-state index in [1.165, 1.54) is 0 Å². The van der Waals surface area contributed by atoms with E-state index in [2.05, 4.69) is 35.1 Å². The molecule has 0 saturated heterocycles. The van der Waals surface area contributed by atoms with Gasteiger partial charge in [0.2, 0.25) is 0 Å². The molecule has 20 heavy (non-hydrogen) atoms. The minimum Gasteiger partial charge on any atom is -0.322 e. The molecular weight excluding hydrogens is 314 g/mol. The molecular formula is C17H18BrNO. The number of alkyl halides is 1. The van der Waals surface area contributed by atoms with E-state index in [-0.39, 0.29) is 5.91 Å². The lowest BCUT2D eigenvalue weighted by Crippen LogP contribution is -2.13. The third-order valence-electron chi connectivity index (χ3n) is 3.20. The van der Waals surface area contributed by atoms with Gasteiger partial charge in [0.25, 0.3) is 5.91 Å². The van der Waals surface area contributed by atoms with Gasteiger partial charge in [-0.15, -0.1) is 0 Å². The molecule has 104 valence electrons. The van der Waals surface area contributed by atoms with E-state index in [4.69, 9.17) is 0 Å². The maximum Gasteiger partial charge on any atom is 0.255 e. The van der Waals surface area contributed by atoms with Crippen molar-refractivity contribution in [2.75, 3.05) is 5.32 Å². The maximum absolute atomic E-state index is 12.3. The largest absolute Gasteiger partial charge is 0.322 e. The van der Waals surface area contributed by atoms with E-state index in [9.17, 15) is 4.79 Å². The van der Waals surface area contributed by atoms with E-state index >= 15 is 0 Å². The molecule has 1 amide bonds. The Balaban J connectivity index is 2.19. The summed E-state index contributed by atoms with van der Waals surface area (Å²) in [4.78, 5) is 12.3. The SMILES string of the molecule is CC(C)c1ccccc1NC(=O)c1ccc(CBr)cc1. The maximum atomic E-state index is 12.3. The third-order valence-corrected chi connectivity index (χ3v) is 3.85. The highest BCUT2D eigenvalue weighted by Gasteiger charge is 2.10. The van der Waals surface area contributed by atoms with Crippen molar-refractivity contribution in [2.24, 2.45) is 0 Å². The first-order chi connectivity index (χ1) is 9.61. The fraction of sp³-hybridized carbons (Fsp3) is 0.235. The van der Waals surface area contributed by atoms with E-state index in [0.29, 0.717) is 11.5 Å². The number of carbonyl (C=O) groups excluding carboxylic acids is 1. The zero-order valence-electron chi connectivity index (χ0n) is 11.7. The highest BCUT2D eigenvalue weighted by atomic mass is 79.9. The first-order valence-electron chi connectivity index (χ1n) is 6.67. The van der Waals surface area contributed by atoms with Crippen LogP contribution in [0.15, 0.2) is 48.5 Å². The van der Waals surface area contributed by atoms with Crippen LogP contribution in [0.2, 0.25) is 0 Å². The Morgan fingerprint density at radius 1 is 1.10 bits per heavy atom. The molecule has 3 heteroatoms. The van der Waals surface area contributed by atoms with Crippen LogP contribution in [-0.4, -0.2) is 5.91 Å². The van der Waals surface area contributed by atoms with Crippen LogP contribution in [0, 0.1) is 0 Å². The molecule has 0 fully saturated rings. The quantitative estimate of drug-likeness (QED) is 0.788. The fourth-order valence-corrected chi connectivity index (χ4v) is 2.43. The number of benzene rings is 2. The number of halogens is 1. The van der Waals surface area contributed by atoms with Gasteiger partial charge in [0.05, 0.1) is 0 Å². The van der Waals surface area contributed by atoms with Crippen LogP contribution < -0.4 is 5.32 Å². The van der Waals surface area contributed by atoms with Gasteiger partial charge in [-0.3, -0.25) is 4.79 Å². The fourth-order valence-electron chi connectivity index (χ4n) is 2.05. The molecule has 2 aromatic carbocycles. The highest BCUT2D eigenvalue weighted by molar-refractivity contribution is 9.08. The summed E-state index contributed by atoms with van der Waals surface area (Å²) in [6.45, 7) is 4.24. The molecule has 0 heterocycles. The molecule has 0 atom stereocenters. The summed E-state index contributed by atoms with van der Waals surface area (Å²) >= 11 is 3.40. The molecule has 0 bridgehead atoms. The summed E-state index contributed by atoms with van der Waals surface area (Å²) in [5.74, 6) is 0.307. The summed E-state index contributed by atoms with van der Waals surface area (Å²) in [5.41, 5.74) is 3.87. The Morgan fingerprint density at radius 3 is 2.35 bits per heavy atom. The number of rotatable bonds is 4. The first-order valence-corrected chi connectivity index (χ1v) is 7.79. The van der Waals surface area contributed by atoms with Crippen molar-refractivity contribution >= 4 is 27.5 Å². The van der Waals surface area contributed by atoms with Gasteiger partial charge in [-0.25, -0.2) is 0 Å². The van der Waals surface area contributed by atoms with Gasteiger partial charge < -0.3 is 5.32 Å². The monoisotopic (exact) mass is 331 g/mol. The van der Waals surface area contributed by atoms with E-state index in [1.807, 2.05) is 48.5 Å². The van der Waals surface area contributed by atoms with E-state index in [1.54, 1.807) is 0 Å². The van der Waals surface area contributed by atoms with Crippen LogP contribution in [0.4, 0.5) is 5.69 Å². The standard InChI is InChI=1S/C17H18BrNO/c1-12(2)15-5-3-4-6-16(15)19-17(20)14-9-7-13(11-18)8-10-14/h3-10,12H,11H2,1-2H3,(H,19,20). The molecule has 2 nitrogen and oxygen atoms in total. The molecule has 0 aromatic heterocycles. The molecule has 1 N–H and O–H groups in total. The number of para-hydroxylation sites is 1. The molecule has 0 unspecified atom stereocenters. The Morgan fingerprint density at radius 2 is 1.75 bits per heavy atom. The van der Waals surface area contributed by atoms with Crippen LogP contribution in [-0.2, 0) is 5.33 Å². The molecule has 2 aromatic rings. The average molecular weight is 332 g/mol. The Labute approximate surface area is 128 Å². The van der Waals surface area contributed by atoms with Crippen LogP contribution in [0.3, 0.4) is 0 Å². The first kappa shape index (κ1) is 14.8. The van der Waals surface area contributed by atoms with Crippen LogP contribution in [0.1, 0.15) is 41.3 Å². The van der Waals surface area contributed by atoms with Crippen molar-refractivity contribution in [3.05, 3.63) is 65.2 Å². The highest BCUT2D eigenvalue weighted by Crippen LogP contribution is 2.24. The molecule has 0 aliphatic rings. The van der Waals surface area contributed by atoms with Gasteiger partial charge in [0, 0.05) is 16.6 Å². The summed E-state index contributed by atoms with van der Waals surface area (Å²) in [6.07, 6.45) is 0. The van der Waals surface area contributed by atoms with Gasteiger partial charge in [-0.2, -0.15) is 0 Å². The molecule has 0 aliphatic carbocycles. The lowest BCUT2D eigenvalue weighted by Gasteiger charge is -2.13. The topological polar surface area (TPSA) is 29.1 Å². The molecule has 0 aliphatic heterocycles. The van der Waals surface area contributed by atoms with E-state index < -0.39 is 0 Å². The van der Waals surface area contributed by atoms with Gasteiger partial charge in [0.1, 0.15) is 0 Å². The van der Waals surface area contributed by atoms with Crippen molar-refractivity contribution in [3.8, 4) is 0 Å². The van der Waals surface area contributed by atoms with Crippen molar-refractivity contribution in [1.82, 2.24) is 0 Å². The van der Waals surface area contributed by atoms with Crippen LogP contribution in [0.5, 0.6) is 0 Å². The third kappa shape index (κ3) is 3.48. The molecule has 0 saturated carbocycles. The molecule has 0 spiro atoms. The Bertz CT molecular complexity index is 590. The lowest BCUT2D eigenvalue weighted by molar-refractivity contribution is 0.102. The predicted molar refractivity (Wildman–Crippen MR) is 87.6 cm³/mol. The number of carbonyl (C=O) groups is 1. The Kier molecular flexibility index (Phi) is 4.96. The number of amides is 1. The Hall–Kier alpha value is -1.61. The van der Waals surface area contributed by atoms with Crippen molar-refractivity contribution < 1.29 is 4.79 Å². The smallest absolute Gasteiger partial charge is 0.255 e. The minimum atomic E-state index is -0.0702. The zero-order chi connectivity index (χ0) is 14.5. The van der Waals surface area contributed by atoms with Crippen molar-refractivity contribution in [2.45, 2.75) is 25.1 Å². The predicted octanol–water partition coefficient (Wildman–Crippen LogP) is 4.96. The number of anilines is 1. The van der Waals surface area contributed by atoms with Gasteiger partial charge in [0.15, 0.2) is 0 Å². The van der Waals surface area contributed by atoms with Gasteiger partial charge in [-0.05, 0) is 35.2 Å². The zero-order valence-corrected chi connectivity index (χ0v) is 13.3. The van der Waals surface area contributed by atoms with Gasteiger partial charge >= 0.3 is 0 Å². The summed E-state index contributed by atoms with van der Waals surface area (Å²) < 4.78 is 0. The summed E-state index contributed by atoms with van der Waals surface area (Å²) in [7, 11) is 0. The van der Waals surface area contributed by atoms with Crippen LogP contribution >= 0.6 is 15.9 Å².